The van der Waals surface area contributed by atoms with Gasteiger partial charge in [-0.15, -0.1) is 0 Å². The van der Waals surface area contributed by atoms with Gasteiger partial charge in [0.15, 0.2) is 0 Å². The molecule has 8 heteroatoms. The van der Waals surface area contributed by atoms with Gasteiger partial charge in [-0.05, 0) is 6.07 Å². The maximum Gasteiger partial charge on any atom is 0.340 e. The quantitative estimate of drug-likeness (QED) is 0.478. The average molecular weight is 309 g/mol. The Balaban J connectivity index is 2.02. The van der Waals surface area contributed by atoms with E-state index < -0.39 is 10.9 Å². The van der Waals surface area contributed by atoms with Crippen molar-refractivity contribution in [3.8, 4) is 0 Å². The molecule has 8 nitrogen and oxygen atoms in total. The SMILES string of the molecule is COC(=O)c1cc([N+](=O)[O-])ccc1NCCN1CCOCC1. The molecule has 1 aliphatic heterocycles. The Bertz CT molecular complexity index is 543. The van der Waals surface area contributed by atoms with E-state index in [0.717, 1.165) is 32.8 Å². The fourth-order valence-corrected chi connectivity index (χ4v) is 2.25. The summed E-state index contributed by atoms with van der Waals surface area (Å²) in [7, 11) is 1.25. The van der Waals surface area contributed by atoms with Gasteiger partial charge in [-0.3, -0.25) is 15.0 Å². The van der Waals surface area contributed by atoms with E-state index in [1.165, 1.54) is 25.3 Å². The number of rotatable bonds is 6. The van der Waals surface area contributed by atoms with Crippen molar-refractivity contribution >= 4 is 17.3 Å². The van der Waals surface area contributed by atoms with Crippen molar-refractivity contribution in [2.45, 2.75) is 0 Å². The van der Waals surface area contributed by atoms with E-state index in [9.17, 15) is 14.9 Å². The molecule has 1 aromatic carbocycles. The van der Waals surface area contributed by atoms with Crippen LogP contribution in [0.1, 0.15) is 10.4 Å². The average Bonchev–Trinajstić information content (AvgIpc) is 2.55. The first-order valence-electron chi connectivity index (χ1n) is 7.02. The van der Waals surface area contributed by atoms with Gasteiger partial charge >= 0.3 is 5.97 Å². The number of ether oxygens (including phenoxy) is 2. The lowest BCUT2D eigenvalue weighted by Crippen LogP contribution is -2.39. The number of morpholine rings is 1. The third-order valence-corrected chi connectivity index (χ3v) is 3.47. The normalized spacial score (nSPS) is 15.3. The molecule has 1 fully saturated rings. The Morgan fingerprint density at radius 1 is 1.45 bits per heavy atom. The van der Waals surface area contributed by atoms with Crippen LogP contribution < -0.4 is 5.32 Å². The summed E-state index contributed by atoms with van der Waals surface area (Å²) in [5, 5.41) is 13.9. The number of carbonyl (C=O) groups excluding carboxylic acids is 1. The molecular formula is C14H19N3O5. The minimum Gasteiger partial charge on any atom is -0.465 e. The standard InChI is InChI=1S/C14H19N3O5/c1-21-14(18)12-10-11(17(19)20)2-3-13(12)15-4-5-16-6-8-22-9-7-16/h2-3,10,15H,4-9H2,1H3. The fourth-order valence-electron chi connectivity index (χ4n) is 2.25. The second-order valence-corrected chi connectivity index (χ2v) is 4.86. The summed E-state index contributed by atoms with van der Waals surface area (Å²) in [6.45, 7) is 4.65. The highest BCUT2D eigenvalue weighted by Gasteiger charge is 2.17. The molecule has 0 atom stereocenters. The highest BCUT2D eigenvalue weighted by Crippen LogP contribution is 2.22. The van der Waals surface area contributed by atoms with Crippen LogP contribution in [-0.4, -0.2) is 62.3 Å². The number of methoxy groups -OCH3 is 1. The smallest absolute Gasteiger partial charge is 0.340 e. The van der Waals surface area contributed by atoms with Crippen LogP contribution in [0.5, 0.6) is 0 Å². The van der Waals surface area contributed by atoms with Crippen molar-refractivity contribution < 1.29 is 19.2 Å². The molecule has 0 aromatic heterocycles. The molecule has 2 rings (SSSR count). The van der Waals surface area contributed by atoms with E-state index in [1.54, 1.807) is 0 Å². The molecule has 1 aliphatic rings. The van der Waals surface area contributed by atoms with Crippen LogP contribution in [0, 0.1) is 10.1 Å². The lowest BCUT2D eigenvalue weighted by molar-refractivity contribution is -0.384. The van der Waals surface area contributed by atoms with Gasteiger partial charge in [0.25, 0.3) is 5.69 Å². The Morgan fingerprint density at radius 2 is 2.18 bits per heavy atom. The van der Waals surface area contributed by atoms with E-state index in [2.05, 4.69) is 15.0 Å². The summed E-state index contributed by atoms with van der Waals surface area (Å²) in [6, 6.07) is 4.12. The molecule has 0 saturated carbocycles. The van der Waals surface area contributed by atoms with Crippen molar-refractivity contribution in [1.29, 1.82) is 0 Å². The third kappa shape index (κ3) is 4.15. The van der Waals surface area contributed by atoms with Gasteiger partial charge in [-0.25, -0.2) is 4.79 Å². The fraction of sp³-hybridized carbons (Fsp3) is 0.500. The number of nitrogens with zero attached hydrogens (tertiary/aromatic N) is 2. The molecule has 0 aliphatic carbocycles. The van der Waals surface area contributed by atoms with Gasteiger partial charge in [0.05, 0.1) is 30.8 Å². The first-order chi connectivity index (χ1) is 10.6. The van der Waals surface area contributed by atoms with Gasteiger partial charge in [-0.1, -0.05) is 0 Å². The van der Waals surface area contributed by atoms with Crippen molar-refractivity contribution in [3.05, 3.63) is 33.9 Å². The van der Waals surface area contributed by atoms with Gasteiger partial charge in [0.1, 0.15) is 0 Å². The van der Waals surface area contributed by atoms with E-state index in [-0.39, 0.29) is 11.3 Å². The number of anilines is 1. The number of hydrogen-bond donors (Lipinski definition) is 1. The molecule has 0 radical (unpaired) electrons. The zero-order valence-electron chi connectivity index (χ0n) is 12.4. The number of nitro groups is 1. The van der Waals surface area contributed by atoms with E-state index in [1.807, 2.05) is 0 Å². The number of carbonyl (C=O) groups is 1. The molecule has 0 spiro atoms. The molecule has 0 bridgehead atoms. The van der Waals surface area contributed by atoms with Crippen molar-refractivity contribution in [3.63, 3.8) is 0 Å². The highest BCUT2D eigenvalue weighted by atomic mass is 16.6. The Hall–Kier alpha value is -2.19. The van der Waals surface area contributed by atoms with Crippen LogP contribution in [0.15, 0.2) is 18.2 Å². The first kappa shape index (κ1) is 16.2. The third-order valence-electron chi connectivity index (χ3n) is 3.47. The van der Waals surface area contributed by atoms with Crippen molar-refractivity contribution in [1.82, 2.24) is 4.90 Å². The Kier molecular flexibility index (Phi) is 5.68. The Labute approximate surface area is 128 Å². The molecule has 0 unspecified atom stereocenters. The second-order valence-electron chi connectivity index (χ2n) is 4.86. The van der Waals surface area contributed by atoms with Crippen LogP contribution in [0.2, 0.25) is 0 Å². The van der Waals surface area contributed by atoms with E-state index in [0.29, 0.717) is 12.2 Å². The molecular weight excluding hydrogens is 290 g/mol. The van der Waals surface area contributed by atoms with Crippen LogP contribution in [0.3, 0.4) is 0 Å². The van der Waals surface area contributed by atoms with Gasteiger partial charge in [0, 0.05) is 44.0 Å². The van der Waals surface area contributed by atoms with Crippen LogP contribution in [-0.2, 0) is 9.47 Å². The highest BCUT2D eigenvalue weighted by molar-refractivity contribution is 5.96. The summed E-state index contributed by atoms with van der Waals surface area (Å²) in [6.07, 6.45) is 0. The maximum absolute atomic E-state index is 11.8. The van der Waals surface area contributed by atoms with E-state index in [4.69, 9.17) is 4.74 Å². The van der Waals surface area contributed by atoms with Gasteiger partial charge in [-0.2, -0.15) is 0 Å². The first-order valence-corrected chi connectivity index (χ1v) is 7.02. The number of esters is 1. The lowest BCUT2D eigenvalue weighted by atomic mass is 10.1. The molecule has 1 aromatic rings. The zero-order valence-corrected chi connectivity index (χ0v) is 12.4. The lowest BCUT2D eigenvalue weighted by Gasteiger charge is -2.26. The largest absolute Gasteiger partial charge is 0.465 e. The minimum absolute atomic E-state index is 0.140. The van der Waals surface area contributed by atoms with Crippen LogP contribution in [0.25, 0.3) is 0 Å². The zero-order chi connectivity index (χ0) is 15.9. The van der Waals surface area contributed by atoms with Crippen LogP contribution in [0.4, 0.5) is 11.4 Å². The maximum atomic E-state index is 11.8. The number of nitrogens with one attached hydrogen (secondary N) is 1. The second kappa shape index (κ2) is 7.71. The van der Waals surface area contributed by atoms with Crippen molar-refractivity contribution in [2.24, 2.45) is 0 Å². The number of hydrogen-bond acceptors (Lipinski definition) is 7. The molecule has 1 N–H and O–H groups in total. The minimum atomic E-state index is -0.599. The topological polar surface area (TPSA) is 93.9 Å². The number of nitro benzene ring substituents is 1. The van der Waals surface area contributed by atoms with Gasteiger partial charge < -0.3 is 14.8 Å². The number of benzene rings is 1. The predicted molar refractivity (Wildman–Crippen MR) is 80.2 cm³/mol. The molecule has 1 heterocycles. The summed E-state index contributed by atoms with van der Waals surface area (Å²) < 4.78 is 9.96. The predicted octanol–water partition coefficient (Wildman–Crippen LogP) is 1.13. The van der Waals surface area contributed by atoms with E-state index >= 15 is 0 Å². The van der Waals surface area contributed by atoms with Gasteiger partial charge in [0.2, 0.25) is 0 Å². The summed E-state index contributed by atoms with van der Waals surface area (Å²) in [5.74, 6) is -0.599. The molecule has 22 heavy (non-hydrogen) atoms. The molecule has 0 amide bonds. The Morgan fingerprint density at radius 3 is 2.82 bits per heavy atom. The molecule has 1 saturated heterocycles. The number of non-ortho nitro benzene ring substituents is 1. The summed E-state index contributed by atoms with van der Waals surface area (Å²) >= 11 is 0. The monoisotopic (exact) mass is 309 g/mol. The summed E-state index contributed by atoms with van der Waals surface area (Å²) in [4.78, 5) is 24.3. The molecule has 120 valence electrons. The summed E-state index contributed by atoms with van der Waals surface area (Å²) in [5.41, 5.74) is 0.559. The van der Waals surface area contributed by atoms with Crippen LogP contribution >= 0.6 is 0 Å². The van der Waals surface area contributed by atoms with Crippen molar-refractivity contribution in [2.75, 3.05) is 51.8 Å².